The van der Waals surface area contributed by atoms with Gasteiger partial charge in [-0.1, -0.05) is 12.1 Å². The van der Waals surface area contributed by atoms with Gasteiger partial charge in [0.05, 0.1) is 4.92 Å². The molecule has 6 nitrogen and oxygen atoms in total. The fourth-order valence-electron chi connectivity index (χ4n) is 1.86. The highest BCUT2D eigenvalue weighted by Gasteiger charge is 2.10. The summed E-state index contributed by atoms with van der Waals surface area (Å²) < 4.78 is 0. The number of aryl methyl sites for hydroxylation is 1. The molecule has 2 aromatic rings. The first-order valence-corrected chi connectivity index (χ1v) is 6.25. The van der Waals surface area contributed by atoms with Crippen molar-refractivity contribution in [3.8, 4) is 0 Å². The number of nitro groups is 1. The van der Waals surface area contributed by atoms with Crippen LogP contribution in [0.4, 0.5) is 17.2 Å². The van der Waals surface area contributed by atoms with E-state index in [4.69, 9.17) is 5.73 Å². The molecule has 3 N–H and O–H groups in total. The Morgan fingerprint density at radius 3 is 2.65 bits per heavy atom. The number of nitrogens with two attached hydrogens (primary N) is 1. The molecule has 1 heterocycles. The molecule has 20 heavy (non-hydrogen) atoms. The van der Waals surface area contributed by atoms with E-state index in [1.807, 2.05) is 24.3 Å². The minimum absolute atomic E-state index is 0.0362. The second-order valence-electron chi connectivity index (χ2n) is 4.53. The number of nitrogens with one attached hydrogen (secondary N) is 1. The Kier molecular flexibility index (Phi) is 4.14. The Balaban J connectivity index is 1.92. The van der Waals surface area contributed by atoms with Crippen LogP contribution in [0.15, 0.2) is 36.5 Å². The van der Waals surface area contributed by atoms with E-state index in [0.29, 0.717) is 17.9 Å². The van der Waals surface area contributed by atoms with Gasteiger partial charge in [-0.15, -0.1) is 0 Å². The van der Waals surface area contributed by atoms with Gasteiger partial charge in [0.15, 0.2) is 0 Å². The zero-order chi connectivity index (χ0) is 14.5. The van der Waals surface area contributed by atoms with E-state index in [1.165, 1.54) is 11.8 Å². The zero-order valence-electron chi connectivity index (χ0n) is 11.2. The number of hydrogen-bond donors (Lipinski definition) is 2. The van der Waals surface area contributed by atoms with Crippen LogP contribution in [0.3, 0.4) is 0 Å². The minimum Gasteiger partial charge on any atom is -0.399 e. The number of benzene rings is 1. The second-order valence-corrected chi connectivity index (χ2v) is 4.53. The molecule has 1 aromatic heterocycles. The summed E-state index contributed by atoms with van der Waals surface area (Å²) in [4.78, 5) is 14.3. The molecule has 0 spiro atoms. The lowest BCUT2D eigenvalue weighted by atomic mass is 10.1. The molecule has 0 amide bonds. The number of nitrogens with zero attached hydrogens (tertiary/aromatic N) is 2. The first kappa shape index (κ1) is 13.8. The van der Waals surface area contributed by atoms with Gasteiger partial charge in [-0.05, 0) is 37.1 Å². The molecule has 0 aliphatic rings. The van der Waals surface area contributed by atoms with E-state index in [-0.39, 0.29) is 5.69 Å². The van der Waals surface area contributed by atoms with Gasteiger partial charge in [0.1, 0.15) is 12.0 Å². The topological polar surface area (TPSA) is 94.1 Å². The fourth-order valence-corrected chi connectivity index (χ4v) is 1.86. The molecule has 0 bridgehead atoms. The molecule has 1 aromatic carbocycles. The lowest BCUT2D eigenvalue weighted by molar-refractivity contribution is -0.385. The Labute approximate surface area is 116 Å². The van der Waals surface area contributed by atoms with E-state index in [0.717, 1.165) is 12.1 Å². The van der Waals surface area contributed by atoms with Crippen LogP contribution in [-0.2, 0) is 6.42 Å². The molecule has 104 valence electrons. The highest BCUT2D eigenvalue weighted by molar-refractivity contribution is 5.47. The monoisotopic (exact) mass is 272 g/mol. The van der Waals surface area contributed by atoms with Gasteiger partial charge in [0.2, 0.25) is 0 Å². The average molecular weight is 272 g/mol. The van der Waals surface area contributed by atoms with E-state index >= 15 is 0 Å². The number of hydrogen-bond acceptors (Lipinski definition) is 5. The molecule has 0 aliphatic carbocycles. The molecule has 2 rings (SSSR count). The molecular formula is C14H16N4O2. The first-order valence-electron chi connectivity index (χ1n) is 6.25. The van der Waals surface area contributed by atoms with E-state index in [1.54, 1.807) is 13.0 Å². The average Bonchev–Trinajstić information content (AvgIpc) is 2.41. The summed E-state index contributed by atoms with van der Waals surface area (Å²) in [7, 11) is 0. The number of nitrogen functional groups attached to an aromatic ring is 1. The second kappa shape index (κ2) is 6.01. The standard InChI is InChI=1S/C14H16N4O2/c1-10-8-14(17-9-13(10)18(19)20)16-7-6-11-2-4-12(15)5-3-11/h2-5,8-9H,6-7,15H2,1H3,(H,16,17). The van der Waals surface area contributed by atoms with Crippen LogP contribution in [-0.4, -0.2) is 16.5 Å². The largest absolute Gasteiger partial charge is 0.399 e. The molecule has 0 radical (unpaired) electrons. The Morgan fingerprint density at radius 1 is 1.35 bits per heavy atom. The number of anilines is 2. The maximum atomic E-state index is 10.7. The third kappa shape index (κ3) is 3.44. The highest BCUT2D eigenvalue weighted by Crippen LogP contribution is 2.18. The van der Waals surface area contributed by atoms with Crippen LogP contribution in [0.2, 0.25) is 0 Å². The summed E-state index contributed by atoms with van der Waals surface area (Å²) in [6, 6.07) is 9.37. The van der Waals surface area contributed by atoms with Gasteiger partial charge in [-0.25, -0.2) is 4.98 Å². The van der Waals surface area contributed by atoms with Gasteiger partial charge < -0.3 is 11.1 Å². The Morgan fingerprint density at radius 2 is 2.05 bits per heavy atom. The van der Waals surface area contributed by atoms with Crippen molar-refractivity contribution in [1.82, 2.24) is 4.98 Å². The molecule has 0 atom stereocenters. The van der Waals surface area contributed by atoms with E-state index in [9.17, 15) is 10.1 Å². The van der Waals surface area contributed by atoms with Crippen LogP contribution >= 0.6 is 0 Å². The van der Waals surface area contributed by atoms with Gasteiger partial charge in [-0.3, -0.25) is 10.1 Å². The van der Waals surface area contributed by atoms with Crippen molar-refractivity contribution >= 4 is 17.2 Å². The molecule has 0 aliphatic heterocycles. The van der Waals surface area contributed by atoms with Crippen molar-refractivity contribution in [3.05, 3.63) is 57.8 Å². The van der Waals surface area contributed by atoms with Gasteiger partial charge in [0.25, 0.3) is 5.69 Å². The SMILES string of the molecule is Cc1cc(NCCc2ccc(N)cc2)ncc1[N+](=O)[O-]. The van der Waals surface area contributed by atoms with Crippen molar-refractivity contribution in [2.24, 2.45) is 0 Å². The van der Waals surface area contributed by atoms with Crippen LogP contribution in [0.25, 0.3) is 0 Å². The van der Waals surface area contributed by atoms with Crippen molar-refractivity contribution < 1.29 is 4.92 Å². The van der Waals surface area contributed by atoms with E-state index < -0.39 is 4.92 Å². The molecule has 0 fully saturated rings. The lowest BCUT2D eigenvalue weighted by Crippen LogP contribution is -2.07. The maximum absolute atomic E-state index is 10.7. The molecule has 0 saturated carbocycles. The van der Waals surface area contributed by atoms with Crippen LogP contribution in [0, 0.1) is 17.0 Å². The first-order chi connectivity index (χ1) is 9.56. The highest BCUT2D eigenvalue weighted by atomic mass is 16.6. The predicted octanol–water partition coefficient (Wildman–Crippen LogP) is 2.54. The fraction of sp³-hybridized carbons (Fsp3) is 0.214. The maximum Gasteiger partial charge on any atom is 0.290 e. The smallest absolute Gasteiger partial charge is 0.290 e. The summed E-state index contributed by atoms with van der Waals surface area (Å²) in [6.45, 7) is 2.40. The van der Waals surface area contributed by atoms with Crippen molar-refractivity contribution in [2.45, 2.75) is 13.3 Å². The lowest BCUT2D eigenvalue weighted by Gasteiger charge is -2.07. The molecule has 0 saturated heterocycles. The minimum atomic E-state index is -0.430. The summed E-state index contributed by atoms with van der Waals surface area (Å²) in [6.07, 6.45) is 2.11. The Hall–Kier alpha value is -2.63. The zero-order valence-corrected chi connectivity index (χ0v) is 11.2. The predicted molar refractivity (Wildman–Crippen MR) is 78.7 cm³/mol. The Bertz CT molecular complexity index is 611. The van der Waals surface area contributed by atoms with Crippen LogP contribution in [0.1, 0.15) is 11.1 Å². The summed E-state index contributed by atoms with van der Waals surface area (Å²) in [5.74, 6) is 0.642. The third-order valence-corrected chi connectivity index (χ3v) is 2.98. The number of rotatable bonds is 5. The van der Waals surface area contributed by atoms with Gasteiger partial charge in [-0.2, -0.15) is 0 Å². The van der Waals surface area contributed by atoms with Crippen molar-refractivity contribution in [3.63, 3.8) is 0 Å². The summed E-state index contributed by atoms with van der Waals surface area (Å²) in [5, 5.41) is 13.8. The quantitative estimate of drug-likeness (QED) is 0.495. The third-order valence-electron chi connectivity index (χ3n) is 2.98. The van der Waals surface area contributed by atoms with E-state index in [2.05, 4.69) is 10.3 Å². The molecule has 0 unspecified atom stereocenters. The van der Waals surface area contributed by atoms with Crippen molar-refractivity contribution in [1.29, 1.82) is 0 Å². The number of aromatic nitrogens is 1. The summed E-state index contributed by atoms with van der Waals surface area (Å²) in [5.41, 5.74) is 8.17. The number of pyridine rings is 1. The van der Waals surface area contributed by atoms with Gasteiger partial charge in [0, 0.05) is 17.8 Å². The normalized spacial score (nSPS) is 10.2. The van der Waals surface area contributed by atoms with Gasteiger partial charge >= 0.3 is 0 Å². The van der Waals surface area contributed by atoms with Crippen LogP contribution < -0.4 is 11.1 Å². The molecular weight excluding hydrogens is 256 g/mol. The van der Waals surface area contributed by atoms with Crippen molar-refractivity contribution in [2.75, 3.05) is 17.6 Å². The summed E-state index contributed by atoms with van der Waals surface area (Å²) >= 11 is 0. The van der Waals surface area contributed by atoms with Crippen LogP contribution in [0.5, 0.6) is 0 Å². The molecule has 6 heteroatoms.